The minimum atomic E-state index is -0.686. The molecule has 1 aliphatic rings. The second-order valence-electron chi connectivity index (χ2n) is 7.06. The molecule has 2 N–H and O–H groups in total. The average Bonchev–Trinajstić information content (AvgIpc) is 2.69. The highest BCUT2D eigenvalue weighted by Crippen LogP contribution is 2.26. The van der Waals surface area contributed by atoms with Crippen molar-refractivity contribution in [3.8, 4) is 5.75 Å². The predicted molar refractivity (Wildman–Crippen MR) is 109 cm³/mol. The Kier molecular flexibility index (Phi) is 6.72. The van der Waals surface area contributed by atoms with Gasteiger partial charge in [-0.3, -0.25) is 10.1 Å². The molecule has 1 atom stereocenters. The van der Waals surface area contributed by atoms with E-state index in [-0.39, 0.29) is 18.0 Å². The molecule has 0 saturated carbocycles. The molecule has 3 rings (SSSR count). The maximum atomic E-state index is 11.0. The fourth-order valence-electron chi connectivity index (χ4n) is 3.50. The largest absolute Gasteiger partial charge is 0.484 e. The third kappa shape index (κ3) is 5.13. The van der Waals surface area contributed by atoms with E-state index in [1.165, 1.54) is 16.5 Å². The number of aliphatic hydroxyl groups is 1. The van der Waals surface area contributed by atoms with Gasteiger partial charge >= 0.3 is 5.69 Å². The van der Waals surface area contributed by atoms with E-state index in [1.54, 1.807) is 18.2 Å². The molecule has 0 radical (unpaired) electrons. The lowest BCUT2D eigenvalue weighted by Gasteiger charge is -2.35. The fourth-order valence-corrected chi connectivity index (χ4v) is 3.67. The molecular weight excluding hydrogens is 382 g/mol. The molecule has 28 heavy (non-hydrogen) atoms. The van der Waals surface area contributed by atoms with E-state index in [2.05, 4.69) is 11.8 Å². The molecule has 2 aromatic rings. The van der Waals surface area contributed by atoms with Crippen LogP contribution in [0.3, 0.4) is 0 Å². The number of anilines is 1. The predicted octanol–water partition coefficient (Wildman–Crippen LogP) is 1.70. The van der Waals surface area contributed by atoms with Crippen molar-refractivity contribution in [3.05, 3.63) is 63.2 Å². The van der Waals surface area contributed by atoms with Crippen molar-refractivity contribution in [1.82, 2.24) is 0 Å². The third-order valence-electron chi connectivity index (χ3n) is 5.00. The Hall–Kier alpha value is -2.35. The van der Waals surface area contributed by atoms with Crippen LogP contribution in [0.2, 0.25) is 5.02 Å². The van der Waals surface area contributed by atoms with Crippen molar-refractivity contribution in [2.24, 2.45) is 0 Å². The number of ether oxygens (including phenoxy) is 1. The second kappa shape index (κ2) is 9.23. The quantitative estimate of drug-likeness (QED) is 0.540. The lowest BCUT2D eigenvalue weighted by Crippen LogP contribution is -3.16. The molecule has 0 amide bonds. The number of piperazine rings is 1. The number of nitrogens with one attached hydrogen (secondary N) is 1. The SMILES string of the molecule is Cc1ccc(Cl)cc1N1CC[NH+](C[C@@H](O)COc2ccccc2[N+](=O)[O-])CC1. The van der Waals surface area contributed by atoms with Gasteiger partial charge in [-0.25, -0.2) is 0 Å². The molecule has 2 aromatic carbocycles. The maximum Gasteiger partial charge on any atom is 0.310 e. The Bertz CT molecular complexity index is 825. The number of rotatable bonds is 7. The van der Waals surface area contributed by atoms with Crippen LogP contribution < -0.4 is 14.5 Å². The van der Waals surface area contributed by atoms with Crippen molar-refractivity contribution in [1.29, 1.82) is 0 Å². The van der Waals surface area contributed by atoms with Crippen molar-refractivity contribution in [2.45, 2.75) is 13.0 Å². The molecule has 1 fully saturated rings. The van der Waals surface area contributed by atoms with Gasteiger partial charge in [-0.05, 0) is 30.7 Å². The van der Waals surface area contributed by atoms with Gasteiger partial charge in [0, 0.05) is 16.8 Å². The van der Waals surface area contributed by atoms with Crippen molar-refractivity contribution in [2.75, 3.05) is 44.2 Å². The summed E-state index contributed by atoms with van der Waals surface area (Å²) < 4.78 is 5.49. The number of para-hydroxylation sites is 2. The zero-order valence-corrected chi connectivity index (χ0v) is 16.6. The standard InChI is InChI=1S/C20H24ClN3O4/c1-15-6-7-16(21)12-19(15)23-10-8-22(9-11-23)13-17(25)14-28-20-5-3-2-4-18(20)24(26)27/h2-7,12,17,25H,8-11,13-14H2,1H3/p+1/t17-/m1/s1. The number of quaternary nitrogens is 1. The van der Waals surface area contributed by atoms with E-state index in [0.29, 0.717) is 6.54 Å². The van der Waals surface area contributed by atoms with Crippen LogP contribution in [0.5, 0.6) is 5.75 Å². The van der Waals surface area contributed by atoms with Crippen LogP contribution >= 0.6 is 11.6 Å². The number of nitro benzene ring substituents is 1. The van der Waals surface area contributed by atoms with Gasteiger partial charge in [0.25, 0.3) is 0 Å². The molecule has 0 bridgehead atoms. The first-order valence-electron chi connectivity index (χ1n) is 9.33. The van der Waals surface area contributed by atoms with Gasteiger partial charge in [-0.15, -0.1) is 0 Å². The Morgan fingerprint density at radius 3 is 2.71 bits per heavy atom. The number of halogens is 1. The first-order valence-corrected chi connectivity index (χ1v) is 9.71. The van der Waals surface area contributed by atoms with Gasteiger partial charge in [0.1, 0.15) is 19.3 Å². The van der Waals surface area contributed by atoms with Crippen LogP contribution in [0.1, 0.15) is 5.56 Å². The van der Waals surface area contributed by atoms with Gasteiger partial charge in [0.15, 0.2) is 5.75 Å². The molecule has 0 unspecified atom stereocenters. The minimum Gasteiger partial charge on any atom is -0.484 e. The zero-order valence-electron chi connectivity index (χ0n) is 15.8. The number of benzene rings is 2. The molecule has 150 valence electrons. The highest BCUT2D eigenvalue weighted by Gasteiger charge is 2.24. The third-order valence-corrected chi connectivity index (χ3v) is 5.23. The molecule has 8 heteroatoms. The summed E-state index contributed by atoms with van der Waals surface area (Å²) in [5.41, 5.74) is 2.27. The number of aryl methyl sites for hydroxylation is 1. The van der Waals surface area contributed by atoms with E-state index >= 15 is 0 Å². The van der Waals surface area contributed by atoms with Crippen LogP contribution in [-0.4, -0.2) is 55.5 Å². The van der Waals surface area contributed by atoms with Crippen LogP contribution in [0.4, 0.5) is 11.4 Å². The van der Waals surface area contributed by atoms with Crippen molar-refractivity contribution >= 4 is 23.0 Å². The first kappa shape index (κ1) is 20.4. The summed E-state index contributed by atoms with van der Waals surface area (Å²) in [5, 5.41) is 22.1. The number of aliphatic hydroxyl groups excluding tert-OH is 1. The molecule has 1 aliphatic heterocycles. The maximum absolute atomic E-state index is 11.0. The van der Waals surface area contributed by atoms with E-state index in [1.807, 2.05) is 18.2 Å². The topological polar surface area (TPSA) is 80.3 Å². The molecule has 0 spiro atoms. The van der Waals surface area contributed by atoms with E-state index in [9.17, 15) is 15.2 Å². The lowest BCUT2D eigenvalue weighted by molar-refractivity contribution is -0.903. The smallest absolute Gasteiger partial charge is 0.310 e. The lowest BCUT2D eigenvalue weighted by atomic mass is 10.1. The van der Waals surface area contributed by atoms with Crippen molar-refractivity contribution < 1.29 is 19.7 Å². The number of hydrogen-bond acceptors (Lipinski definition) is 5. The van der Waals surface area contributed by atoms with E-state index in [0.717, 1.165) is 36.9 Å². The van der Waals surface area contributed by atoms with E-state index < -0.39 is 11.0 Å². The fraction of sp³-hybridized carbons (Fsp3) is 0.400. The molecule has 7 nitrogen and oxygen atoms in total. The Morgan fingerprint density at radius 1 is 1.29 bits per heavy atom. The van der Waals surface area contributed by atoms with Gasteiger partial charge in [-0.2, -0.15) is 0 Å². The number of nitro groups is 1. The summed E-state index contributed by atoms with van der Waals surface area (Å²) in [5.74, 6) is 0.183. The Labute approximate surface area is 169 Å². The molecule has 0 aromatic heterocycles. The number of hydrogen-bond donors (Lipinski definition) is 2. The Balaban J connectivity index is 1.48. The minimum absolute atomic E-state index is 0.0332. The van der Waals surface area contributed by atoms with Gasteiger partial charge in [0.05, 0.1) is 31.1 Å². The highest BCUT2D eigenvalue weighted by atomic mass is 35.5. The van der Waals surface area contributed by atoms with E-state index in [4.69, 9.17) is 16.3 Å². The molecule has 1 heterocycles. The molecule has 1 saturated heterocycles. The summed E-state index contributed by atoms with van der Waals surface area (Å²) in [6.45, 7) is 6.22. The summed E-state index contributed by atoms with van der Waals surface area (Å²) in [6, 6.07) is 12.1. The van der Waals surface area contributed by atoms with Crippen LogP contribution in [-0.2, 0) is 0 Å². The molecule has 0 aliphatic carbocycles. The monoisotopic (exact) mass is 406 g/mol. The van der Waals surface area contributed by atoms with Crippen molar-refractivity contribution in [3.63, 3.8) is 0 Å². The summed E-state index contributed by atoms with van der Waals surface area (Å²) >= 11 is 6.13. The number of nitrogens with zero attached hydrogens (tertiary/aromatic N) is 2. The van der Waals surface area contributed by atoms with Gasteiger partial charge in [-0.1, -0.05) is 29.8 Å². The summed E-state index contributed by atoms with van der Waals surface area (Å²) in [7, 11) is 0. The van der Waals surface area contributed by atoms with Crippen LogP contribution in [0, 0.1) is 17.0 Å². The zero-order chi connectivity index (χ0) is 20.1. The first-order chi connectivity index (χ1) is 13.4. The average molecular weight is 407 g/mol. The molecular formula is C20H25ClN3O4+. The summed E-state index contributed by atoms with van der Waals surface area (Å²) in [6.07, 6.45) is -0.686. The van der Waals surface area contributed by atoms with Crippen LogP contribution in [0.25, 0.3) is 0 Å². The Morgan fingerprint density at radius 2 is 2.00 bits per heavy atom. The van der Waals surface area contributed by atoms with Crippen LogP contribution in [0.15, 0.2) is 42.5 Å². The highest BCUT2D eigenvalue weighted by molar-refractivity contribution is 6.30. The summed E-state index contributed by atoms with van der Waals surface area (Å²) in [4.78, 5) is 14.1. The second-order valence-corrected chi connectivity index (χ2v) is 7.50. The van der Waals surface area contributed by atoms with Gasteiger partial charge < -0.3 is 19.6 Å². The van der Waals surface area contributed by atoms with Gasteiger partial charge in [0.2, 0.25) is 0 Å². The normalized spacial score (nSPS) is 16.0.